The number of carbonyl (C=O) groups excluding carboxylic acids is 1. The molecule has 3 aromatic heterocycles. The van der Waals surface area contributed by atoms with Gasteiger partial charge in [0.1, 0.15) is 18.2 Å². The second-order valence-corrected chi connectivity index (χ2v) is 7.82. The normalized spacial score (nSPS) is 11.7. The number of rotatable bonds is 6. The lowest BCUT2D eigenvalue weighted by molar-refractivity contribution is -0.141. The van der Waals surface area contributed by atoms with E-state index < -0.39 is 24.4 Å². The first-order valence-electron chi connectivity index (χ1n) is 9.30. The molecule has 0 saturated heterocycles. The molecule has 0 atom stereocenters. The van der Waals surface area contributed by atoms with Gasteiger partial charge in [-0.1, -0.05) is 12.1 Å². The van der Waals surface area contributed by atoms with Crippen LogP contribution in [0.5, 0.6) is 0 Å². The van der Waals surface area contributed by atoms with Crippen LogP contribution in [0.2, 0.25) is 0 Å². The van der Waals surface area contributed by atoms with Crippen molar-refractivity contribution in [1.29, 1.82) is 0 Å². The maximum atomic E-state index is 13.8. The highest BCUT2D eigenvalue weighted by Crippen LogP contribution is 2.26. The molecule has 0 radical (unpaired) electrons. The molecule has 7 nitrogen and oxygen atoms in total. The van der Waals surface area contributed by atoms with Crippen molar-refractivity contribution in [3.63, 3.8) is 0 Å². The van der Waals surface area contributed by atoms with E-state index in [4.69, 9.17) is 0 Å². The van der Waals surface area contributed by atoms with Gasteiger partial charge >= 0.3 is 6.18 Å². The van der Waals surface area contributed by atoms with Crippen molar-refractivity contribution in [2.24, 2.45) is 0 Å². The number of carbonyl (C=O) groups is 1. The number of aromatic nitrogens is 5. The van der Waals surface area contributed by atoms with Gasteiger partial charge in [-0.25, -0.2) is 19.0 Å². The van der Waals surface area contributed by atoms with E-state index in [-0.39, 0.29) is 18.2 Å². The van der Waals surface area contributed by atoms with Crippen molar-refractivity contribution in [3.8, 4) is 16.4 Å². The number of halogens is 4. The monoisotopic (exact) mass is 464 g/mol. The number of hydrogen-bond donors (Lipinski definition) is 0. The summed E-state index contributed by atoms with van der Waals surface area (Å²) in [7, 11) is 1.42. The Kier molecular flexibility index (Phi) is 5.78. The van der Waals surface area contributed by atoms with Crippen LogP contribution < -0.4 is 0 Å². The minimum atomic E-state index is -4.42. The zero-order valence-corrected chi connectivity index (χ0v) is 17.4. The number of amides is 1. The summed E-state index contributed by atoms with van der Waals surface area (Å²) in [5.41, 5.74) is 0.378. The van der Waals surface area contributed by atoms with Gasteiger partial charge < -0.3 is 9.47 Å². The third-order valence-electron chi connectivity index (χ3n) is 4.47. The van der Waals surface area contributed by atoms with Crippen LogP contribution in [0, 0.1) is 5.82 Å². The van der Waals surface area contributed by atoms with Gasteiger partial charge in [0.15, 0.2) is 5.82 Å². The number of nitrogens with zero attached hydrogens (tertiary/aromatic N) is 6. The molecule has 166 valence electrons. The van der Waals surface area contributed by atoms with Crippen molar-refractivity contribution in [3.05, 3.63) is 71.6 Å². The van der Waals surface area contributed by atoms with Gasteiger partial charge in [-0.2, -0.15) is 13.2 Å². The zero-order valence-electron chi connectivity index (χ0n) is 16.6. The van der Waals surface area contributed by atoms with Crippen LogP contribution in [-0.2, 0) is 13.1 Å². The molecule has 0 unspecified atom stereocenters. The van der Waals surface area contributed by atoms with E-state index in [2.05, 4.69) is 15.1 Å². The molecule has 32 heavy (non-hydrogen) atoms. The quantitative estimate of drug-likeness (QED) is 0.402. The first-order valence-corrected chi connectivity index (χ1v) is 10.2. The molecule has 4 aromatic rings. The van der Waals surface area contributed by atoms with Gasteiger partial charge in [0.2, 0.25) is 5.82 Å². The van der Waals surface area contributed by atoms with Crippen molar-refractivity contribution in [2.45, 2.75) is 19.3 Å². The predicted molar refractivity (Wildman–Crippen MR) is 109 cm³/mol. The molecule has 1 amide bonds. The van der Waals surface area contributed by atoms with E-state index in [9.17, 15) is 22.4 Å². The molecule has 0 aliphatic heterocycles. The minimum Gasteiger partial charge on any atom is -0.331 e. The van der Waals surface area contributed by atoms with Crippen LogP contribution in [0.25, 0.3) is 16.4 Å². The molecule has 0 N–H and O–H groups in total. The Hall–Kier alpha value is -3.54. The van der Waals surface area contributed by atoms with E-state index in [1.54, 1.807) is 18.2 Å². The summed E-state index contributed by atoms with van der Waals surface area (Å²) in [6.07, 6.45) is -1.98. The fourth-order valence-corrected chi connectivity index (χ4v) is 3.74. The largest absolute Gasteiger partial charge is 0.406 e. The van der Waals surface area contributed by atoms with Crippen LogP contribution in [0.3, 0.4) is 0 Å². The average molecular weight is 464 g/mol. The molecule has 0 bridgehead atoms. The fourth-order valence-electron chi connectivity index (χ4n) is 3.04. The van der Waals surface area contributed by atoms with Crippen molar-refractivity contribution >= 4 is 17.2 Å². The molecule has 3 heterocycles. The van der Waals surface area contributed by atoms with Crippen LogP contribution in [0.4, 0.5) is 17.6 Å². The summed E-state index contributed by atoms with van der Waals surface area (Å²) in [6, 6.07) is 9.28. The van der Waals surface area contributed by atoms with Crippen LogP contribution in [0.1, 0.15) is 16.4 Å². The smallest absolute Gasteiger partial charge is 0.331 e. The summed E-state index contributed by atoms with van der Waals surface area (Å²) in [5.74, 6) is -0.840. The molecule has 1 aromatic carbocycles. The zero-order chi connectivity index (χ0) is 22.9. The van der Waals surface area contributed by atoms with Gasteiger partial charge in [-0.15, -0.1) is 16.4 Å². The number of alkyl halides is 3. The first-order chi connectivity index (χ1) is 15.2. The molecule has 12 heteroatoms. The fraction of sp³-hybridized carbons (Fsp3) is 0.200. The second-order valence-electron chi connectivity index (χ2n) is 6.88. The number of thiophene rings is 1. The van der Waals surface area contributed by atoms with Gasteiger partial charge in [0, 0.05) is 19.4 Å². The molecule has 0 spiro atoms. The maximum Gasteiger partial charge on any atom is 0.406 e. The van der Waals surface area contributed by atoms with E-state index in [1.165, 1.54) is 58.6 Å². The van der Waals surface area contributed by atoms with Gasteiger partial charge in [-0.3, -0.25) is 4.79 Å². The van der Waals surface area contributed by atoms with E-state index in [1.807, 2.05) is 5.38 Å². The van der Waals surface area contributed by atoms with E-state index in [0.717, 1.165) is 4.57 Å². The molecular weight excluding hydrogens is 448 g/mol. The molecular formula is C20H16F4N6OS. The van der Waals surface area contributed by atoms with E-state index >= 15 is 0 Å². The standard InChI is InChI=1S/C20H16F4N6OS/c1-28(11-16-25-7-8-29(16)12-20(22,23)24)19(31)17-26-18(15-6-3-9-32-15)30(27-17)14-5-2-4-13(21)10-14/h2-10H,11-12H2,1H3. The Morgan fingerprint density at radius 3 is 2.72 bits per heavy atom. The average Bonchev–Trinajstić information content (AvgIpc) is 3.47. The maximum absolute atomic E-state index is 13.8. The first kappa shape index (κ1) is 21.7. The lowest BCUT2D eigenvalue weighted by Crippen LogP contribution is -2.29. The predicted octanol–water partition coefficient (Wildman–Crippen LogP) is 4.17. The highest BCUT2D eigenvalue weighted by Gasteiger charge is 2.29. The minimum absolute atomic E-state index is 0.0706. The molecule has 0 fully saturated rings. The lowest BCUT2D eigenvalue weighted by Gasteiger charge is -2.17. The number of imidazole rings is 1. The Morgan fingerprint density at radius 2 is 2.03 bits per heavy atom. The SMILES string of the molecule is CN(Cc1nccn1CC(F)(F)F)C(=O)c1nc(-c2cccs2)n(-c2cccc(F)c2)n1. The van der Waals surface area contributed by atoms with Crippen LogP contribution >= 0.6 is 11.3 Å². The number of hydrogen-bond acceptors (Lipinski definition) is 5. The summed E-state index contributed by atoms with van der Waals surface area (Å²) in [4.78, 5) is 23.1. The summed E-state index contributed by atoms with van der Waals surface area (Å²) < 4.78 is 54.3. The van der Waals surface area contributed by atoms with Crippen molar-refractivity contribution in [2.75, 3.05) is 7.05 Å². The van der Waals surface area contributed by atoms with Crippen LogP contribution in [0.15, 0.2) is 54.2 Å². The van der Waals surface area contributed by atoms with Gasteiger partial charge in [0.05, 0.1) is 17.1 Å². The van der Waals surface area contributed by atoms with Crippen LogP contribution in [-0.4, -0.2) is 48.3 Å². The number of benzene rings is 1. The Balaban J connectivity index is 1.63. The molecule has 4 rings (SSSR count). The second kappa shape index (κ2) is 8.54. The third-order valence-corrected chi connectivity index (χ3v) is 5.34. The molecule has 0 aliphatic rings. The molecule has 0 aliphatic carbocycles. The van der Waals surface area contributed by atoms with Gasteiger partial charge in [-0.05, 0) is 29.6 Å². The topological polar surface area (TPSA) is 68.8 Å². The lowest BCUT2D eigenvalue weighted by atomic mass is 10.3. The van der Waals surface area contributed by atoms with Crippen molar-refractivity contribution < 1.29 is 22.4 Å². The highest BCUT2D eigenvalue weighted by atomic mass is 32.1. The van der Waals surface area contributed by atoms with E-state index in [0.29, 0.717) is 16.4 Å². The summed E-state index contributed by atoms with van der Waals surface area (Å²) in [5, 5.41) is 6.08. The van der Waals surface area contributed by atoms with Gasteiger partial charge in [0.25, 0.3) is 5.91 Å². The Labute approximate surface area is 183 Å². The molecule has 0 saturated carbocycles. The summed E-state index contributed by atoms with van der Waals surface area (Å²) >= 11 is 1.37. The third kappa shape index (κ3) is 4.69. The Morgan fingerprint density at radius 1 is 1.22 bits per heavy atom. The van der Waals surface area contributed by atoms with Crippen molar-refractivity contribution in [1.82, 2.24) is 29.2 Å². The summed E-state index contributed by atoms with van der Waals surface area (Å²) in [6.45, 7) is -1.38. The Bertz CT molecular complexity index is 1230. The highest BCUT2D eigenvalue weighted by molar-refractivity contribution is 7.13.